The number of carbonyl (C=O) groups is 1. The van der Waals surface area contributed by atoms with Crippen LogP contribution in [0, 0.1) is 6.92 Å². The Balaban J connectivity index is 1.19. The zero-order chi connectivity index (χ0) is 26.1. The predicted octanol–water partition coefficient (Wildman–Crippen LogP) is 5.45. The van der Waals surface area contributed by atoms with Crippen LogP contribution < -0.4 is 10.1 Å². The molecule has 0 bridgehead atoms. The van der Waals surface area contributed by atoms with Gasteiger partial charge in [-0.2, -0.15) is 10.2 Å². The first-order chi connectivity index (χ1) is 18.6. The van der Waals surface area contributed by atoms with Crippen LogP contribution >= 0.6 is 0 Å². The number of nitrogens with one attached hydrogen (secondary N) is 1. The smallest absolute Gasteiger partial charge is 0.246 e. The molecule has 0 fully saturated rings. The van der Waals surface area contributed by atoms with E-state index >= 15 is 0 Å². The fourth-order valence-corrected chi connectivity index (χ4v) is 4.86. The lowest BCUT2D eigenvalue weighted by Gasteiger charge is -2.07. The molecule has 3 aromatic carbocycles. The van der Waals surface area contributed by atoms with E-state index < -0.39 is 0 Å². The molecule has 38 heavy (non-hydrogen) atoms. The van der Waals surface area contributed by atoms with Gasteiger partial charge in [-0.15, -0.1) is 0 Å². The van der Waals surface area contributed by atoms with Crippen LogP contribution in [0.1, 0.15) is 11.3 Å². The van der Waals surface area contributed by atoms with Gasteiger partial charge in [-0.3, -0.25) is 9.48 Å². The lowest BCUT2D eigenvalue weighted by atomic mass is 10.0. The summed E-state index contributed by atoms with van der Waals surface area (Å²) in [5, 5.41) is 15.3. The zero-order valence-electron chi connectivity index (χ0n) is 21.1. The Morgan fingerprint density at radius 1 is 1.00 bits per heavy atom. The fraction of sp³-hybridized carbons (Fsp3) is 0.133. The van der Waals surface area contributed by atoms with Crippen LogP contribution in [0.25, 0.3) is 32.9 Å². The third-order valence-corrected chi connectivity index (χ3v) is 6.63. The first kappa shape index (κ1) is 23.4. The monoisotopic (exact) mass is 502 g/mol. The van der Waals surface area contributed by atoms with Crippen LogP contribution in [0.15, 0.2) is 91.4 Å². The number of aryl methyl sites for hydroxylation is 1. The standard InChI is InChI=1S/C30H26N6O2/c1-20-29-27(22-10-12-25(38-2)13-11-22)14-15-31-30(29)36(34-20)19-28(37)33-24-16-32-35(18-24)17-23-8-5-7-21-6-3-4-9-26(21)23/h3-16,18H,17,19H2,1-2H3,(H,33,37). The first-order valence-corrected chi connectivity index (χ1v) is 12.3. The first-order valence-electron chi connectivity index (χ1n) is 12.3. The van der Waals surface area contributed by atoms with Crippen molar-refractivity contribution >= 4 is 33.4 Å². The van der Waals surface area contributed by atoms with Gasteiger partial charge < -0.3 is 10.1 Å². The van der Waals surface area contributed by atoms with Crippen molar-refractivity contribution < 1.29 is 9.53 Å². The van der Waals surface area contributed by atoms with Crippen molar-refractivity contribution in [2.45, 2.75) is 20.0 Å². The third-order valence-electron chi connectivity index (χ3n) is 6.63. The molecule has 1 N–H and O–H groups in total. The van der Waals surface area contributed by atoms with Gasteiger partial charge in [0.05, 0.1) is 31.2 Å². The van der Waals surface area contributed by atoms with Gasteiger partial charge in [-0.05, 0) is 52.6 Å². The van der Waals surface area contributed by atoms with E-state index in [0.717, 1.165) is 28.0 Å². The number of carbonyl (C=O) groups excluding carboxylic acids is 1. The van der Waals surface area contributed by atoms with E-state index in [1.807, 2.05) is 66.3 Å². The Morgan fingerprint density at radius 2 is 1.82 bits per heavy atom. The van der Waals surface area contributed by atoms with Gasteiger partial charge in [0.25, 0.3) is 0 Å². The number of nitrogens with zero attached hydrogens (tertiary/aromatic N) is 5. The van der Waals surface area contributed by atoms with Crippen LogP contribution in [0.3, 0.4) is 0 Å². The van der Waals surface area contributed by atoms with E-state index in [0.29, 0.717) is 17.9 Å². The number of amides is 1. The van der Waals surface area contributed by atoms with Gasteiger partial charge in [0.2, 0.25) is 5.91 Å². The van der Waals surface area contributed by atoms with Gasteiger partial charge in [-0.1, -0.05) is 54.6 Å². The number of hydrogen-bond donors (Lipinski definition) is 1. The van der Waals surface area contributed by atoms with Crippen molar-refractivity contribution in [3.8, 4) is 16.9 Å². The summed E-state index contributed by atoms with van der Waals surface area (Å²) in [4.78, 5) is 17.5. The summed E-state index contributed by atoms with van der Waals surface area (Å²) in [5.74, 6) is 0.597. The molecule has 0 unspecified atom stereocenters. The topological polar surface area (TPSA) is 86.9 Å². The predicted molar refractivity (Wildman–Crippen MR) is 148 cm³/mol. The minimum atomic E-state index is -0.198. The maximum atomic E-state index is 13.0. The van der Waals surface area contributed by atoms with E-state index in [9.17, 15) is 4.79 Å². The molecule has 0 spiro atoms. The van der Waals surface area contributed by atoms with E-state index in [1.54, 1.807) is 24.2 Å². The molecule has 0 aliphatic rings. The van der Waals surface area contributed by atoms with Gasteiger partial charge in [-0.25, -0.2) is 9.67 Å². The summed E-state index contributed by atoms with van der Waals surface area (Å²) in [6.07, 6.45) is 5.25. The second kappa shape index (κ2) is 9.82. The Labute approximate surface area is 219 Å². The maximum Gasteiger partial charge on any atom is 0.246 e. The van der Waals surface area contributed by atoms with E-state index in [-0.39, 0.29) is 12.5 Å². The molecular formula is C30H26N6O2. The summed E-state index contributed by atoms with van der Waals surface area (Å²) >= 11 is 0. The number of benzene rings is 3. The lowest BCUT2D eigenvalue weighted by Crippen LogP contribution is -2.19. The molecule has 3 heterocycles. The van der Waals surface area contributed by atoms with Gasteiger partial charge in [0.1, 0.15) is 12.3 Å². The summed E-state index contributed by atoms with van der Waals surface area (Å²) in [5.41, 5.74) is 5.32. The van der Waals surface area contributed by atoms with Crippen LogP contribution in [0.5, 0.6) is 5.75 Å². The average Bonchev–Trinajstić information content (AvgIpc) is 3.52. The Morgan fingerprint density at radius 3 is 2.66 bits per heavy atom. The fourth-order valence-electron chi connectivity index (χ4n) is 4.86. The van der Waals surface area contributed by atoms with Crippen LogP contribution in [-0.2, 0) is 17.9 Å². The van der Waals surface area contributed by atoms with E-state index in [1.165, 1.54) is 16.3 Å². The quantitative estimate of drug-likeness (QED) is 0.314. The highest BCUT2D eigenvalue weighted by molar-refractivity contribution is 5.96. The second-order valence-electron chi connectivity index (χ2n) is 9.14. The zero-order valence-corrected chi connectivity index (χ0v) is 21.1. The molecule has 6 aromatic rings. The highest BCUT2D eigenvalue weighted by atomic mass is 16.5. The Hall–Kier alpha value is -4.98. The normalized spacial score (nSPS) is 11.2. The Bertz CT molecular complexity index is 1760. The number of rotatable bonds is 7. The number of pyridine rings is 1. The van der Waals surface area contributed by atoms with Crippen molar-refractivity contribution in [1.29, 1.82) is 0 Å². The van der Waals surface area contributed by atoms with Crippen molar-refractivity contribution in [3.05, 3.63) is 103 Å². The molecule has 0 atom stereocenters. The number of aromatic nitrogens is 5. The lowest BCUT2D eigenvalue weighted by molar-refractivity contribution is -0.116. The molecule has 0 saturated heterocycles. The van der Waals surface area contributed by atoms with E-state index in [2.05, 4.69) is 44.8 Å². The minimum absolute atomic E-state index is 0.0396. The molecule has 6 rings (SSSR count). The third kappa shape index (κ3) is 4.48. The van der Waals surface area contributed by atoms with Gasteiger partial charge >= 0.3 is 0 Å². The number of methoxy groups -OCH3 is 1. The second-order valence-corrected chi connectivity index (χ2v) is 9.14. The molecule has 8 nitrogen and oxygen atoms in total. The molecule has 188 valence electrons. The van der Waals surface area contributed by atoms with Crippen molar-refractivity contribution in [2.24, 2.45) is 0 Å². The molecule has 3 aromatic heterocycles. The van der Waals surface area contributed by atoms with Gasteiger partial charge in [0, 0.05) is 17.8 Å². The molecule has 0 saturated carbocycles. The Kier molecular flexibility index (Phi) is 6.05. The van der Waals surface area contributed by atoms with Crippen LogP contribution in [0.2, 0.25) is 0 Å². The number of ether oxygens (including phenoxy) is 1. The number of fused-ring (bicyclic) bond motifs is 2. The molecule has 1 amide bonds. The van der Waals surface area contributed by atoms with Crippen molar-refractivity contribution in [1.82, 2.24) is 24.5 Å². The minimum Gasteiger partial charge on any atom is -0.497 e. The summed E-state index contributed by atoms with van der Waals surface area (Å²) < 4.78 is 8.76. The largest absolute Gasteiger partial charge is 0.497 e. The highest BCUT2D eigenvalue weighted by Crippen LogP contribution is 2.31. The highest BCUT2D eigenvalue weighted by Gasteiger charge is 2.16. The van der Waals surface area contributed by atoms with Crippen LogP contribution in [0.4, 0.5) is 5.69 Å². The summed E-state index contributed by atoms with van der Waals surface area (Å²) in [6, 6.07) is 24.4. The maximum absolute atomic E-state index is 13.0. The molecule has 8 heteroatoms. The summed E-state index contributed by atoms with van der Waals surface area (Å²) in [6.45, 7) is 2.58. The number of anilines is 1. The molecule has 0 aliphatic heterocycles. The number of hydrogen-bond acceptors (Lipinski definition) is 5. The SMILES string of the molecule is COc1ccc(-c2ccnc3c2c(C)nn3CC(=O)Nc2cnn(Cc3cccc4ccccc34)c2)cc1. The van der Waals surface area contributed by atoms with Crippen molar-refractivity contribution in [2.75, 3.05) is 12.4 Å². The molecular weight excluding hydrogens is 476 g/mol. The average molecular weight is 503 g/mol. The van der Waals surface area contributed by atoms with Crippen LogP contribution in [-0.4, -0.2) is 37.6 Å². The van der Waals surface area contributed by atoms with Crippen molar-refractivity contribution in [3.63, 3.8) is 0 Å². The van der Waals surface area contributed by atoms with Gasteiger partial charge in [0.15, 0.2) is 5.65 Å². The van der Waals surface area contributed by atoms with E-state index in [4.69, 9.17) is 4.74 Å². The molecule has 0 aliphatic carbocycles. The summed E-state index contributed by atoms with van der Waals surface area (Å²) in [7, 11) is 1.65. The molecule has 0 radical (unpaired) electrons.